The van der Waals surface area contributed by atoms with Crippen LogP contribution in [0.5, 0.6) is 0 Å². The molecule has 0 aromatic carbocycles. The summed E-state index contributed by atoms with van der Waals surface area (Å²) >= 11 is 0. The number of anilines is 1. The Labute approximate surface area is 131 Å². The maximum absolute atomic E-state index is 11.9. The van der Waals surface area contributed by atoms with E-state index in [1.165, 1.54) is 0 Å². The Hall–Kier alpha value is -1.73. The molecular weight excluding hydrogens is 282 g/mol. The van der Waals surface area contributed by atoms with Gasteiger partial charge in [-0.1, -0.05) is 13.3 Å². The molecule has 2 rings (SSSR count). The number of ether oxygens (including phenoxy) is 1. The number of rotatable bonds is 8. The van der Waals surface area contributed by atoms with Crippen LogP contribution in [-0.4, -0.2) is 66.7 Å². The average molecular weight is 307 g/mol. The van der Waals surface area contributed by atoms with Crippen LogP contribution in [0.3, 0.4) is 0 Å². The fourth-order valence-corrected chi connectivity index (χ4v) is 2.19. The highest BCUT2D eigenvalue weighted by molar-refractivity contribution is 5.92. The molecule has 0 spiro atoms. The topological polar surface area (TPSA) is 79.4 Å². The lowest BCUT2D eigenvalue weighted by Crippen LogP contribution is -2.39. The normalized spacial score (nSPS) is 15.5. The third-order valence-electron chi connectivity index (χ3n) is 3.52. The van der Waals surface area contributed by atoms with Gasteiger partial charge in [0.05, 0.1) is 13.2 Å². The van der Waals surface area contributed by atoms with E-state index >= 15 is 0 Å². The van der Waals surface area contributed by atoms with Crippen molar-refractivity contribution in [3.05, 3.63) is 18.0 Å². The maximum Gasteiger partial charge on any atom is 0.270 e. The summed E-state index contributed by atoms with van der Waals surface area (Å²) in [7, 11) is 0. The molecule has 1 aliphatic heterocycles. The molecule has 2 N–H and O–H groups in total. The van der Waals surface area contributed by atoms with Gasteiger partial charge in [0.15, 0.2) is 0 Å². The van der Waals surface area contributed by atoms with E-state index in [2.05, 4.69) is 32.4 Å². The Morgan fingerprint density at radius 1 is 1.36 bits per heavy atom. The number of aromatic nitrogens is 2. The summed E-state index contributed by atoms with van der Waals surface area (Å²) < 4.78 is 5.32. The highest BCUT2D eigenvalue weighted by Crippen LogP contribution is 2.01. The van der Waals surface area contributed by atoms with Crippen molar-refractivity contribution in [2.24, 2.45) is 0 Å². The second-order valence-electron chi connectivity index (χ2n) is 5.26. The number of nitrogens with zero attached hydrogens (tertiary/aromatic N) is 3. The zero-order valence-corrected chi connectivity index (χ0v) is 13.2. The van der Waals surface area contributed by atoms with Crippen molar-refractivity contribution in [1.82, 2.24) is 20.2 Å². The molecule has 0 saturated carbocycles. The first kappa shape index (κ1) is 16.6. The van der Waals surface area contributed by atoms with Gasteiger partial charge in [0.25, 0.3) is 5.91 Å². The van der Waals surface area contributed by atoms with Gasteiger partial charge < -0.3 is 15.4 Å². The largest absolute Gasteiger partial charge is 0.379 e. The second-order valence-corrected chi connectivity index (χ2v) is 5.26. The Balaban J connectivity index is 1.76. The van der Waals surface area contributed by atoms with Crippen LogP contribution in [0.15, 0.2) is 12.3 Å². The molecule has 1 amide bonds. The lowest BCUT2D eigenvalue weighted by Gasteiger charge is -2.26. The van der Waals surface area contributed by atoms with Gasteiger partial charge >= 0.3 is 0 Å². The fourth-order valence-electron chi connectivity index (χ4n) is 2.19. The Bertz CT molecular complexity index is 463. The van der Waals surface area contributed by atoms with Gasteiger partial charge in [0.1, 0.15) is 5.69 Å². The van der Waals surface area contributed by atoms with E-state index in [4.69, 9.17) is 4.74 Å². The number of amides is 1. The van der Waals surface area contributed by atoms with Gasteiger partial charge in [-0.25, -0.2) is 9.97 Å². The minimum absolute atomic E-state index is 0.146. The van der Waals surface area contributed by atoms with E-state index in [1.54, 1.807) is 12.3 Å². The average Bonchev–Trinajstić information content (AvgIpc) is 2.56. The molecular formula is C15H25N5O2. The van der Waals surface area contributed by atoms with Crippen LogP contribution in [0.25, 0.3) is 0 Å². The van der Waals surface area contributed by atoms with E-state index in [-0.39, 0.29) is 5.91 Å². The van der Waals surface area contributed by atoms with Crippen LogP contribution in [0.1, 0.15) is 30.3 Å². The molecule has 7 nitrogen and oxygen atoms in total. The fraction of sp³-hybridized carbons (Fsp3) is 0.667. The van der Waals surface area contributed by atoms with Crippen LogP contribution in [-0.2, 0) is 4.74 Å². The van der Waals surface area contributed by atoms with Gasteiger partial charge in [-0.15, -0.1) is 0 Å². The highest BCUT2D eigenvalue weighted by atomic mass is 16.5. The molecule has 22 heavy (non-hydrogen) atoms. The van der Waals surface area contributed by atoms with E-state index < -0.39 is 0 Å². The molecule has 122 valence electrons. The van der Waals surface area contributed by atoms with Crippen LogP contribution < -0.4 is 10.6 Å². The first-order valence-corrected chi connectivity index (χ1v) is 7.95. The molecule has 2 heterocycles. The van der Waals surface area contributed by atoms with Gasteiger partial charge in [-0.05, 0) is 12.5 Å². The van der Waals surface area contributed by atoms with E-state index in [1.807, 2.05) is 0 Å². The molecule has 1 fully saturated rings. The summed E-state index contributed by atoms with van der Waals surface area (Å²) in [6.07, 6.45) is 3.64. The summed E-state index contributed by atoms with van der Waals surface area (Å²) in [5.41, 5.74) is 0.403. The summed E-state index contributed by atoms with van der Waals surface area (Å²) in [6.45, 7) is 7.95. The molecule has 1 saturated heterocycles. The minimum atomic E-state index is -0.146. The molecule has 0 bridgehead atoms. The summed E-state index contributed by atoms with van der Waals surface area (Å²) in [6, 6.07) is 1.63. The summed E-state index contributed by atoms with van der Waals surface area (Å²) in [5, 5.41) is 6.03. The van der Waals surface area contributed by atoms with Crippen LogP contribution in [0.2, 0.25) is 0 Å². The SMILES string of the molecule is CCCCNC(=O)c1ccnc(NCCN2CCOCC2)n1. The highest BCUT2D eigenvalue weighted by Gasteiger charge is 2.10. The first-order chi connectivity index (χ1) is 10.8. The van der Waals surface area contributed by atoms with Gasteiger partial charge in [0, 0.05) is 38.9 Å². The Morgan fingerprint density at radius 3 is 2.95 bits per heavy atom. The van der Waals surface area contributed by atoms with Crippen molar-refractivity contribution in [2.45, 2.75) is 19.8 Å². The number of hydrogen-bond donors (Lipinski definition) is 2. The number of nitrogens with one attached hydrogen (secondary N) is 2. The standard InChI is InChI=1S/C15H25N5O2/c1-2-3-5-16-14(21)13-4-6-17-15(19-13)18-7-8-20-9-11-22-12-10-20/h4,6H,2-3,5,7-12H2,1H3,(H,16,21)(H,17,18,19). The quantitative estimate of drug-likeness (QED) is 0.690. The van der Waals surface area contributed by atoms with Crippen LogP contribution >= 0.6 is 0 Å². The van der Waals surface area contributed by atoms with Crippen molar-refractivity contribution in [3.8, 4) is 0 Å². The number of morpholine rings is 1. The van der Waals surface area contributed by atoms with Gasteiger partial charge in [-0.3, -0.25) is 9.69 Å². The second kappa shape index (κ2) is 9.32. The number of carbonyl (C=O) groups excluding carboxylic acids is 1. The first-order valence-electron chi connectivity index (χ1n) is 7.95. The summed E-state index contributed by atoms with van der Waals surface area (Å²) in [5.74, 6) is 0.350. The molecule has 0 atom stereocenters. The van der Waals surface area contributed by atoms with Crippen LogP contribution in [0.4, 0.5) is 5.95 Å². The minimum Gasteiger partial charge on any atom is -0.379 e. The molecule has 1 aromatic heterocycles. The lowest BCUT2D eigenvalue weighted by atomic mass is 10.3. The zero-order valence-electron chi connectivity index (χ0n) is 13.2. The maximum atomic E-state index is 11.9. The number of unbranched alkanes of at least 4 members (excludes halogenated alkanes) is 1. The predicted molar refractivity (Wildman–Crippen MR) is 85.0 cm³/mol. The third-order valence-corrected chi connectivity index (χ3v) is 3.52. The number of carbonyl (C=O) groups is 1. The number of hydrogen-bond acceptors (Lipinski definition) is 6. The van der Waals surface area contributed by atoms with Crippen molar-refractivity contribution >= 4 is 11.9 Å². The Kier molecular flexibility index (Phi) is 7.05. The molecule has 7 heteroatoms. The van der Waals surface area contributed by atoms with Crippen molar-refractivity contribution in [2.75, 3.05) is 51.3 Å². The van der Waals surface area contributed by atoms with Crippen molar-refractivity contribution in [1.29, 1.82) is 0 Å². The third kappa shape index (κ3) is 5.57. The van der Waals surface area contributed by atoms with Gasteiger partial charge in [0.2, 0.25) is 5.95 Å². The monoisotopic (exact) mass is 307 g/mol. The molecule has 0 aliphatic carbocycles. The van der Waals surface area contributed by atoms with E-state index in [0.29, 0.717) is 18.2 Å². The predicted octanol–water partition coefficient (Wildman–Crippen LogP) is 0.751. The Morgan fingerprint density at radius 2 is 2.18 bits per heavy atom. The molecule has 0 unspecified atom stereocenters. The lowest BCUT2D eigenvalue weighted by molar-refractivity contribution is 0.0398. The smallest absolute Gasteiger partial charge is 0.270 e. The molecule has 0 radical (unpaired) electrons. The summed E-state index contributed by atoms with van der Waals surface area (Å²) in [4.78, 5) is 22.7. The van der Waals surface area contributed by atoms with E-state index in [0.717, 1.165) is 52.2 Å². The molecule has 1 aliphatic rings. The van der Waals surface area contributed by atoms with Gasteiger partial charge in [-0.2, -0.15) is 0 Å². The zero-order chi connectivity index (χ0) is 15.6. The molecule has 1 aromatic rings. The van der Waals surface area contributed by atoms with Crippen molar-refractivity contribution < 1.29 is 9.53 Å². The van der Waals surface area contributed by atoms with E-state index in [9.17, 15) is 4.79 Å². The van der Waals surface area contributed by atoms with Crippen molar-refractivity contribution in [3.63, 3.8) is 0 Å². The van der Waals surface area contributed by atoms with Crippen LogP contribution in [0, 0.1) is 0 Å².